The van der Waals surface area contributed by atoms with Gasteiger partial charge in [0, 0.05) is 5.56 Å². The number of rotatable bonds is 4. The van der Waals surface area contributed by atoms with Crippen molar-refractivity contribution in [2.45, 2.75) is 20.4 Å². The van der Waals surface area contributed by atoms with Gasteiger partial charge in [0.1, 0.15) is 23.1 Å². The van der Waals surface area contributed by atoms with Crippen LogP contribution in [0.2, 0.25) is 0 Å². The fraction of sp³-hybridized carbons (Fsp3) is 0.267. The summed E-state index contributed by atoms with van der Waals surface area (Å²) in [4.78, 5) is 4.50. The maximum absolute atomic E-state index is 6.14. The van der Waals surface area contributed by atoms with Crippen LogP contribution in [0.5, 0.6) is 5.75 Å². The lowest BCUT2D eigenvalue weighted by Crippen LogP contribution is -2.03. The minimum Gasteiger partial charge on any atom is -0.493 e. The number of aromatic nitrogens is 2. The van der Waals surface area contributed by atoms with Crippen molar-refractivity contribution >= 4 is 5.82 Å². The number of nitrogen functional groups attached to an aromatic ring is 1. The van der Waals surface area contributed by atoms with E-state index in [1.807, 2.05) is 42.7 Å². The summed E-state index contributed by atoms with van der Waals surface area (Å²) >= 11 is 0. The molecule has 0 atom stereocenters. The molecular weight excluding hydrogens is 238 g/mol. The second-order valence-corrected chi connectivity index (χ2v) is 4.11. The highest BCUT2D eigenvalue weighted by Crippen LogP contribution is 2.33. The SMILES string of the molecule is C#CCn1c(C)nc(-c2ccccc2OCC)c1N. The zero-order valence-corrected chi connectivity index (χ0v) is 11.2. The van der Waals surface area contributed by atoms with Crippen LogP contribution in [0.1, 0.15) is 12.7 Å². The first-order chi connectivity index (χ1) is 9.19. The maximum atomic E-state index is 6.14. The second-order valence-electron chi connectivity index (χ2n) is 4.11. The van der Waals surface area contributed by atoms with Crippen LogP contribution in [-0.4, -0.2) is 16.2 Å². The molecule has 0 aliphatic carbocycles. The number of para-hydroxylation sites is 1. The number of anilines is 1. The Bertz CT molecular complexity index is 623. The van der Waals surface area contributed by atoms with Crippen LogP contribution in [0.15, 0.2) is 24.3 Å². The van der Waals surface area contributed by atoms with E-state index < -0.39 is 0 Å². The molecule has 2 N–H and O–H groups in total. The molecule has 2 aromatic rings. The maximum Gasteiger partial charge on any atom is 0.132 e. The first-order valence-electron chi connectivity index (χ1n) is 6.17. The Labute approximate surface area is 113 Å². The van der Waals surface area contributed by atoms with Gasteiger partial charge >= 0.3 is 0 Å². The predicted molar refractivity (Wildman–Crippen MR) is 76.8 cm³/mol. The van der Waals surface area contributed by atoms with Crippen LogP contribution >= 0.6 is 0 Å². The smallest absolute Gasteiger partial charge is 0.132 e. The van der Waals surface area contributed by atoms with Gasteiger partial charge in [-0.15, -0.1) is 6.42 Å². The number of terminal acetylenes is 1. The Hall–Kier alpha value is -2.41. The van der Waals surface area contributed by atoms with Crippen molar-refractivity contribution in [3.05, 3.63) is 30.1 Å². The van der Waals surface area contributed by atoms with E-state index in [0.29, 0.717) is 19.0 Å². The largest absolute Gasteiger partial charge is 0.493 e. The van der Waals surface area contributed by atoms with Crippen molar-refractivity contribution in [1.29, 1.82) is 0 Å². The van der Waals surface area contributed by atoms with Crippen molar-refractivity contribution < 1.29 is 4.74 Å². The summed E-state index contributed by atoms with van der Waals surface area (Å²) in [5.74, 6) is 4.74. The van der Waals surface area contributed by atoms with Gasteiger partial charge in [-0.05, 0) is 26.0 Å². The van der Waals surface area contributed by atoms with Crippen LogP contribution in [0.25, 0.3) is 11.3 Å². The topological polar surface area (TPSA) is 53.1 Å². The highest BCUT2D eigenvalue weighted by Gasteiger charge is 2.16. The van der Waals surface area contributed by atoms with Gasteiger partial charge in [-0.1, -0.05) is 18.1 Å². The predicted octanol–water partition coefficient (Wildman–Crippen LogP) is 2.47. The van der Waals surface area contributed by atoms with Gasteiger partial charge in [-0.2, -0.15) is 0 Å². The number of hydrogen-bond acceptors (Lipinski definition) is 3. The number of imidazole rings is 1. The molecule has 0 bridgehead atoms. The normalized spacial score (nSPS) is 10.2. The molecule has 0 saturated heterocycles. The molecule has 0 aliphatic heterocycles. The van der Waals surface area contributed by atoms with Gasteiger partial charge < -0.3 is 15.0 Å². The van der Waals surface area contributed by atoms with Crippen molar-refractivity contribution in [3.8, 4) is 29.4 Å². The third kappa shape index (κ3) is 2.41. The molecule has 0 radical (unpaired) electrons. The molecule has 2 rings (SSSR count). The van der Waals surface area contributed by atoms with E-state index in [-0.39, 0.29) is 0 Å². The number of ether oxygens (including phenoxy) is 1. The molecule has 4 heteroatoms. The minimum atomic E-state index is 0.418. The van der Waals surface area contributed by atoms with Gasteiger partial charge in [0.2, 0.25) is 0 Å². The summed E-state index contributed by atoms with van der Waals surface area (Å²) in [5.41, 5.74) is 7.75. The monoisotopic (exact) mass is 255 g/mol. The lowest BCUT2D eigenvalue weighted by molar-refractivity contribution is 0.341. The van der Waals surface area contributed by atoms with E-state index in [2.05, 4.69) is 10.9 Å². The first kappa shape index (κ1) is 13.0. The zero-order valence-electron chi connectivity index (χ0n) is 11.2. The summed E-state index contributed by atoms with van der Waals surface area (Å²) in [5, 5.41) is 0. The Kier molecular flexibility index (Phi) is 3.76. The minimum absolute atomic E-state index is 0.418. The van der Waals surface area contributed by atoms with E-state index in [4.69, 9.17) is 16.9 Å². The van der Waals surface area contributed by atoms with E-state index >= 15 is 0 Å². The fourth-order valence-corrected chi connectivity index (χ4v) is 2.01. The lowest BCUT2D eigenvalue weighted by Gasteiger charge is -2.09. The highest BCUT2D eigenvalue weighted by molar-refractivity contribution is 5.76. The second kappa shape index (κ2) is 5.49. The molecule has 1 aromatic heterocycles. The van der Waals surface area contributed by atoms with E-state index in [0.717, 1.165) is 22.8 Å². The van der Waals surface area contributed by atoms with Crippen molar-refractivity contribution in [1.82, 2.24) is 9.55 Å². The molecule has 0 amide bonds. The summed E-state index contributed by atoms with van der Waals surface area (Å²) in [6.45, 7) is 4.85. The van der Waals surface area contributed by atoms with E-state index in [9.17, 15) is 0 Å². The standard InChI is InChI=1S/C15H17N3O/c1-4-10-18-11(3)17-14(15(18)16)12-8-6-7-9-13(12)19-5-2/h1,6-9H,5,10,16H2,2-3H3. The summed E-state index contributed by atoms with van der Waals surface area (Å²) < 4.78 is 7.43. The molecule has 19 heavy (non-hydrogen) atoms. The van der Waals surface area contributed by atoms with Gasteiger partial charge in [0.25, 0.3) is 0 Å². The lowest BCUT2D eigenvalue weighted by atomic mass is 10.1. The van der Waals surface area contributed by atoms with Crippen LogP contribution in [0, 0.1) is 19.3 Å². The van der Waals surface area contributed by atoms with Gasteiger partial charge in [0.15, 0.2) is 0 Å². The number of aryl methyl sites for hydroxylation is 1. The van der Waals surface area contributed by atoms with Crippen LogP contribution in [0.4, 0.5) is 5.82 Å². The van der Waals surface area contributed by atoms with Crippen LogP contribution < -0.4 is 10.5 Å². The molecule has 1 heterocycles. The van der Waals surface area contributed by atoms with Crippen LogP contribution in [-0.2, 0) is 6.54 Å². The Morgan fingerprint density at radius 1 is 1.42 bits per heavy atom. The Morgan fingerprint density at radius 2 is 2.16 bits per heavy atom. The summed E-state index contributed by atoms with van der Waals surface area (Å²) in [7, 11) is 0. The molecule has 0 aliphatic rings. The van der Waals surface area contributed by atoms with Crippen molar-refractivity contribution in [3.63, 3.8) is 0 Å². The number of nitrogens with two attached hydrogens (primary N) is 1. The van der Waals surface area contributed by atoms with E-state index in [1.165, 1.54) is 0 Å². The fourth-order valence-electron chi connectivity index (χ4n) is 2.01. The van der Waals surface area contributed by atoms with Gasteiger partial charge in [0.05, 0.1) is 13.2 Å². The molecule has 0 fully saturated rings. The third-order valence-electron chi connectivity index (χ3n) is 2.89. The number of hydrogen-bond donors (Lipinski definition) is 1. The summed E-state index contributed by atoms with van der Waals surface area (Å²) in [6.07, 6.45) is 5.35. The Balaban J connectivity index is 2.54. The zero-order chi connectivity index (χ0) is 13.8. The van der Waals surface area contributed by atoms with Crippen molar-refractivity contribution in [2.24, 2.45) is 0 Å². The van der Waals surface area contributed by atoms with Crippen molar-refractivity contribution in [2.75, 3.05) is 12.3 Å². The highest BCUT2D eigenvalue weighted by atomic mass is 16.5. The average molecular weight is 255 g/mol. The third-order valence-corrected chi connectivity index (χ3v) is 2.89. The first-order valence-corrected chi connectivity index (χ1v) is 6.17. The molecule has 98 valence electrons. The molecular formula is C15H17N3O. The van der Waals surface area contributed by atoms with E-state index in [1.54, 1.807) is 0 Å². The molecule has 4 nitrogen and oxygen atoms in total. The van der Waals surface area contributed by atoms with Gasteiger partial charge in [-0.25, -0.2) is 4.98 Å². The molecule has 0 unspecified atom stereocenters. The molecule has 1 aromatic carbocycles. The average Bonchev–Trinajstić information content (AvgIpc) is 2.68. The number of benzene rings is 1. The quantitative estimate of drug-likeness (QED) is 0.854. The molecule has 0 spiro atoms. The number of nitrogens with zero attached hydrogens (tertiary/aromatic N) is 2. The van der Waals surface area contributed by atoms with Gasteiger partial charge in [-0.3, -0.25) is 0 Å². The Morgan fingerprint density at radius 3 is 2.84 bits per heavy atom. The van der Waals surface area contributed by atoms with Crippen LogP contribution in [0.3, 0.4) is 0 Å². The summed E-state index contributed by atoms with van der Waals surface area (Å²) in [6, 6.07) is 7.72. The molecule has 0 saturated carbocycles.